The molecule has 3 amide bonds. The van der Waals surface area contributed by atoms with E-state index in [0.29, 0.717) is 0 Å². The number of aromatic amines is 1. The van der Waals surface area contributed by atoms with Gasteiger partial charge in [0, 0.05) is 23.5 Å². The Morgan fingerprint density at radius 3 is 2.27 bits per heavy atom. The number of aliphatic carboxylic acids is 1. The number of H-pyrrole nitrogens is 1. The lowest BCUT2D eigenvalue weighted by atomic mass is 10.0. The van der Waals surface area contributed by atoms with E-state index in [9.17, 15) is 24.3 Å². The number of benzene rings is 1. The maximum Gasteiger partial charge on any atom is 0.326 e. The number of aromatic nitrogens is 1. The summed E-state index contributed by atoms with van der Waals surface area (Å²) >= 11 is 0. The standard InChI is InChI=1S/C23H33N5O5/c1-12(2)19(24)21(30)28-20(13(3)4)22(31)26-11-18(29)27-17(23(32)33)9-14-10-25-16-8-6-5-7-15(14)16/h5-8,10,12-13,17,19-20,25H,9,11,24H2,1-4H3,(H,26,31)(H,27,29)(H,28,30)(H,32,33). The summed E-state index contributed by atoms with van der Waals surface area (Å²) in [7, 11) is 0. The summed E-state index contributed by atoms with van der Waals surface area (Å²) in [6, 6.07) is 4.65. The quantitative estimate of drug-likeness (QED) is 0.286. The first-order valence-corrected chi connectivity index (χ1v) is 10.9. The molecule has 10 nitrogen and oxygen atoms in total. The highest BCUT2D eigenvalue weighted by Gasteiger charge is 2.28. The predicted molar refractivity (Wildman–Crippen MR) is 124 cm³/mol. The highest BCUT2D eigenvalue weighted by Crippen LogP contribution is 2.19. The molecular formula is C23H33N5O5. The second kappa shape index (κ2) is 11.5. The van der Waals surface area contributed by atoms with E-state index in [0.717, 1.165) is 16.5 Å². The second-order valence-corrected chi connectivity index (χ2v) is 8.74. The Morgan fingerprint density at radius 1 is 1.00 bits per heavy atom. The number of nitrogens with one attached hydrogen (secondary N) is 4. The van der Waals surface area contributed by atoms with Gasteiger partial charge in [-0.1, -0.05) is 45.9 Å². The molecule has 0 saturated carbocycles. The summed E-state index contributed by atoms with van der Waals surface area (Å²) in [5, 5.41) is 18.0. The summed E-state index contributed by atoms with van der Waals surface area (Å²) in [5.74, 6) is -3.18. The number of para-hydroxylation sites is 1. The molecule has 0 radical (unpaired) electrons. The number of hydrogen-bond donors (Lipinski definition) is 6. The normalized spacial score (nSPS) is 14.0. The van der Waals surface area contributed by atoms with Gasteiger partial charge in [0.25, 0.3) is 0 Å². The molecule has 0 fully saturated rings. The van der Waals surface area contributed by atoms with E-state index in [1.807, 2.05) is 24.3 Å². The van der Waals surface area contributed by atoms with Crippen LogP contribution in [0.4, 0.5) is 0 Å². The van der Waals surface area contributed by atoms with Crippen molar-refractivity contribution in [1.82, 2.24) is 20.9 Å². The van der Waals surface area contributed by atoms with Crippen molar-refractivity contribution in [3.05, 3.63) is 36.0 Å². The molecule has 3 unspecified atom stereocenters. The third kappa shape index (κ3) is 7.04. The summed E-state index contributed by atoms with van der Waals surface area (Å²) in [5.41, 5.74) is 7.46. The van der Waals surface area contributed by atoms with Crippen molar-refractivity contribution in [3.8, 4) is 0 Å². The number of carbonyl (C=O) groups excluding carboxylic acids is 3. The van der Waals surface area contributed by atoms with Crippen LogP contribution in [0.5, 0.6) is 0 Å². The average Bonchev–Trinajstić information content (AvgIpc) is 3.17. The number of carboxylic acids is 1. The van der Waals surface area contributed by atoms with Gasteiger partial charge in [-0.05, 0) is 23.5 Å². The topological polar surface area (TPSA) is 166 Å². The van der Waals surface area contributed by atoms with Gasteiger partial charge in [-0.3, -0.25) is 14.4 Å². The van der Waals surface area contributed by atoms with Crippen molar-refractivity contribution >= 4 is 34.6 Å². The SMILES string of the molecule is CC(C)C(N)C(=O)NC(C(=O)NCC(=O)NC(Cc1c[nH]c2ccccc12)C(=O)O)C(C)C. The number of nitrogens with two attached hydrogens (primary N) is 1. The van der Waals surface area contributed by atoms with Crippen LogP contribution in [0.15, 0.2) is 30.5 Å². The maximum atomic E-state index is 12.6. The van der Waals surface area contributed by atoms with Crippen molar-refractivity contribution in [2.45, 2.75) is 52.2 Å². The van der Waals surface area contributed by atoms with Crippen molar-refractivity contribution in [1.29, 1.82) is 0 Å². The molecule has 2 aromatic rings. The number of amides is 3. The van der Waals surface area contributed by atoms with Gasteiger partial charge in [0.05, 0.1) is 12.6 Å². The second-order valence-electron chi connectivity index (χ2n) is 8.74. The zero-order valence-electron chi connectivity index (χ0n) is 19.3. The predicted octanol–water partition coefficient (Wildman–Crippen LogP) is 0.520. The molecule has 180 valence electrons. The smallest absolute Gasteiger partial charge is 0.326 e. The third-order valence-corrected chi connectivity index (χ3v) is 5.42. The first kappa shape index (κ1) is 25.9. The number of carboxylic acid groups (broad SMARTS) is 1. The fourth-order valence-electron chi connectivity index (χ4n) is 3.33. The third-order valence-electron chi connectivity index (χ3n) is 5.42. The Labute approximate surface area is 192 Å². The van der Waals surface area contributed by atoms with Crippen LogP contribution in [0.1, 0.15) is 33.3 Å². The zero-order valence-corrected chi connectivity index (χ0v) is 19.3. The Bertz CT molecular complexity index is 1000. The lowest BCUT2D eigenvalue weighted by Crippen LogP contribution is -2.56. The van der Waals surface area contributed by atoms with E-state index in [1.165, 1.54) is 0 Å². The van der Waals surface area contributed by atoms with Crippen molar-refractivity contribution < 1.29 is 24.3 Å². The summed E-state index contributed by atoms with van der Waals surface area (Å²) in [6.45, 7) is 6.69. The van der Waals surface area contributed by atoms with E-state index >= 15 is 0 Å². The Hall–Kier alpha value is -3.40. The number of hydrogen-bond acceptors (Lipinski definition) is 5. The van der Waals surface area contributed by atoms with Crippen LogP contribution in [0.3, 0.4) is 0 Å². The van der Waals surface area contributed by atoms with Gasteiger partial charge in [-0.2, -0.15) is 0 Å². The van der Waals surface area contributed by atoms with Gasteiger partial charge in [-0.15, -0.1) is 0 Å². The van der Waals surface area contributed by atoms with Crippen LogP contribution in [0.25, 0.3) is 10.9 Å². The summed E-state index contributed by atoms with van der Waals surface area (Å²) < 4.78 is 0. The fraction of sp³-hybridized carbons (Fsp3) is 0.478. The van der Waals surface area contributed by atoms with Crippen LogP contribution in [0.2, 0.25) is 0 Å². The maximum absolute atomic E-state index is 12.6. The van der Waals surface area contributed by atoms with Crippen LogP contribution in [0, 0.1) is 11.8 Å². The first-order valence-electron chi connectivity index (χ1n) is 10.9. The fourth-order valence-corrected chi connectivity index (χ4v) is 3.33. The van der Waals surface area contributed by atoms with Gasteiger partial charge in [0.1, 0.15) is 12.1 Å². The minimum atomic E-state index is -1.19. The zero-order chi connectivity index (χ0) is 24.7. The molecule has 0 spiro atoms. The Morgan fingerprint density at radius 2 is 1.67 bits per heavy atom. The van der Waals surface area contributed by atoms with Crippen molar-refractivity contribution in [3.63, 3.8) is 0 Å². The molecule has 3 atom stereocenters. The molecule has 0 saturated heterocycles. The Kier molecular flexibility index (Phi) is 8.98. The molecule has 33 heavy (non-hydrogen) atoms. The molecule has 10 heteroatoms. The first-order chi connectivity index (χ1) is 15.5. The summed E-state index contributed by atoms with van der Waals surface area (Å²) in [6.07, 6.45) is 1.79. The molecule has 1 heterocycles. The van der Waals surface area contributed by atoms with Gasteiger partial charge < -0.3 is 31.8 Å². The largest absolute Gasteiger partial charge is 0.480 e. The molecule has 1 aromatic heterocycles. The minimum Gasteiger partial charge on any atom is -0.480 e. The molecule has 2 rings (SSSR count). The molecule has 0 bridgehead atoms. The molecule has 0 aliphatic heterocycles. The monoisotopic (exact) mass is 459 g/mol. The van der Waals surface area contributed by atoms with E-state index in [1.54, 1.807) is 33.9 Å². The highest BCUT2D eigenvalue weighted by atomic mass is 16.4. The van der Waals surface area contributed by atoms with Crippen molar-refractivity contribution in [2.75, 3.05) is 6.54 Å². The molecular weight excluding hydrogens is 426 g/mol. The molecule has 1 aromatic carbocycles. The van der Waals surface area contributed by atoms with E-state index in [4.69, 9.17) is 5.73 Å². The Balaban J connectivity index is 1.96. The molecule has 0 aliphatic rings. The van der Waals surface area contributed by atoms with E-state index in [2.05, 4.69) is 20.9 Å². The number of fused-ring (bicyclic) bond motifs is 1. The summed E-state index contributed by atoms with van der Waals surface area (Å²) in [4.78, 5) is 52.0. The molecule has 7 N–H and O–H groups in total. The number of rotatable bonds is 11. The van der Waals surface area contributed by atoms with Gasteiger partial charge in [0.15, 0.2) is 0 Å². The molecule has 0 aliphatic carbocycles. The van der Waals surface area contributed by atoms with Gasteiger partial charge in [-0.25, -0.2) is 4.79 Å². The van der Waals surface area contributed by atoms with Gasteiger partial charge in [0.2, 0.25) is 17.7 Å². The highest BCUT2D eigenvalue weighted by molar-refractivity contribution is 5.93. The number of carbonyl (C=O) groups is 4. The lowest BCUT2D eigenvalue weighted by molar-refractivity contribution is -0.141. The van der Waals surface area contributed by atoms with Crippen LogP contribution >= 0.6 is 0 Å². The van der Waals surface area contributed by atoms with Crippen LogP contribution in [-0.4, -0.2) is 58.5 Å². The van der Waals surface area contributed by atoms with Gasteiger partial charge >= 0.3 is 5.97 Å². The van der Waals surface area contributed by atoms with E-state index in [-0.39, 0.29) is 18.3 Å². The lowest BCUT2D eigenvalue weighted by Gasteiger charge is -2.24. The van der Waals surface area contributed by atoms with Crippen molar-refractivity contribution in [2.24, 2.45) is 17.6 Å². The average molecular weight is 460 g/mol. The minimum absolute atomic E-state index is 0.0802. The van der Waals surface area contributed by atoms with Crippen LogP contribution < -0.4 is 21.7 Å². The van der Waals surface area contributed by atoms with E-state index < -0.39 is 48.4 Å². The van der Waals surface area contributed by atoms with Crippen LogP contribution in [-0.2, 0) is 25.6 Å².